The van der Waals surface area contributed by atoms with Crippen LogP contribution in [0, 0.1) is 5.92 Å². The van der Waals surface area contributed by atoms with E-state index in [4.69, 9.17) is 0 Å². The lowest BCUT2D eigenvalue weighted by Crippen LogP contribution is -1.92. The highest BCUT2D eigenvalue weighted by molar-refractivity contribution is 9.10. The summed E-state index contributed by atoms with van der Waals surface area (Å²) in [4.78, 5) is 0.727. The van der Waals surface area contributed by atoms with Gasteiger partial charge >= 0.3 is 0 Å². The molecule has 1 rings (SSSR count). The van der Waals surface area contributed by atoms with E-state index in [0.717, 1.165) is 9.37 Å². The zero-order valence-corrected chi connectivity index (χ0v) is 10.5. The Morgan fingerprint density at radius 3 is 2.43 bits per heavy atom. The molecule has 0 saturated heterocycles. The molecular formula is C10H12BrNOS. The highest BCUT2D eigenvalue weighted by Crippen LogP contribution is 2.13. The Kier molecular flexibility index (Phi) is 4.48. The molecule has 76 valence electrons. The van der Waals surface area contributed by atoms with Gasteiger partial charge in [0.1, 0.15) is 0 Å². The molecule has 0 spiro atoms. The summed E-state index contributed by atoms with van der Waals surface area (Å²) in [6.07, 6.45) is 1.71. The van der Waals surface area contributed by atoms with Gasteiger partial charge in [0.2, 0.25) is 0 Å². The SMILES string of the molecule is CC(C)/C=N/[S@](=O)c1ccc(Br)cc1. The molecule has 0 bridgehead atoms. The summed E-state index contributed by atoms with van der Waals surface area (Å²) in [5, 5.41) is 0. The summed E-state index contributed by atoms with van der Waals surface area (Å²) < 4.78 is 16.5. The van der Waals surface area contributed by atoms with Gasteiger partial charge in [-0.15, -0.1) is 0 Å². The smallest absolute Gasteiger partial charge is 0.172 e. The van der Waals surface area contributed by atoms with Crippen molar-refractivity contribution in [3.8, 4) is 0 Å². The molecule has 0 saturated carbocycles. The fourth-order valence-electron chi connectivity index (χ4n) is 0.789. The standard InChI is InChI=1S/C10H12BrNOS/c1-8(2)7-12-14(13)10-5-3-9(11)4-6-10/h3-8H,1-2H3/b12-7+/t14-/m1/s1. The van der Waals surface area contributed by atoms with Crippen LogP contribution in [-0.4, -0.2) is 10.4 Å². The van der Waals surface area contributed by atoms with E-state index in [1.807, 2.05) is 26.0 Å². The third kappa shape index (κ3) is 3.72. The van der Waals surface area contributed by atoms with Crippen LogP contribution in [0.4, 0.5) is 0 Å². The molecule has 0 aromatic heterocycles. The molecule has 1 atom stereocenters. The van der Waals surface area contributed by atoms with Gasteiger partial charge in [0.15, 0.2) is 11.0 Å². The summed E-state index contributed by atoms with van der Waals surface area (Å²) in [6.45, 7) is 4.00. The van der Waals surface area contributed by atoms with E-state index in [0.29, 0.717) is 5.92 Å². The van der Waals surface area contributed by atoms with Gasteiger partial charge in [0.05, 0.1) is 4.90 Å². The predicted octanol–water partition coefficient (Wildman–Crippen LogP) is 3.20. The topological polar surface area (TPSA) is 29.4 Å². The van der Waals surface area contributed by atoms with Crippen molar-refractivity contribution in [2.75, 3.05) is 0 Å². The maximum atomic E-state index is 11.6. The molecule has 1 aromatic carbocycles. The van der Waals surface area contributed by atoms with E-state index < -0.39 is 11.0 Å². The molecule has 0 aliphatic heterocycles. The number of nitrogens with zero attached hydrogens (tertiary/aromatic N) is 1. The minimum Gasteiger partial charge on any atom is -0.230 e. The number of hydrogen-bond donors (Lipinski definition) is 0. The van der Waals surface area contributed by atoms with E-state index >= 15 is 0 Å². The third-order valence-corrected chi connectivity index (χ3v) is 2.99. The van der Waals surface area contributed by atoms with Crippen molar-refractivity contribution < 1.29 is 4.21 Å². The van der Waals surface area contributed by atoms with Crippen molar-refractivity contribution in [3.05, 3.63) is 28.7 Å². The van der Waals surface area contributed by atoms with Crippen LogP contribution in [-0.2, 0) is 11.0 Å². The average Bonchev–Trinajstić information content (AvgIpc) is 2.15. The normalized spacial score (nSPS) is 13.7. The van der Waals surface area contributed by atoms with Crippen LogP contribution in [0.15, 0.2) is 38.0 Å². The number of rotatable bonds is 3. The first kappa shape index (κ1) is 11.6. The van der Waals surface area contributed by atoms with Gasteiger partial charge in [0, 0.05) is 10.7 Å². The van der Waals surface area contributed by atoms with Gasteiger partial charge in [-0.05, 0) is 30.2 Å². The fraction of sp³-hybridized carbons (Fsp3) is 0.300. The largest absolute Gasteiger partial charge is 0.230 e. The van der Waals surface area contributed by atoms with Gasteiger partial charge in [-0.1, -0.05) is 29.8 Å². The Balaban J connectivity index is 2.75. The summed E-state index contributed by atoms with van der Waals surface area (Å²) in [7, 11) is -1.26. The van der Waals surface area contributed by atoms with E-state index in [1.165, 1.54) is 0 Å². The highest BCUT2D eigenvalue weighted by atomic mass is 79.9. The molecular weight excluding hydrogens is 262 g/mol. The summed E-state index contributed by atoms with van der Waals surface area (Å²) in [6, 6.07) is 7.33. The maximum Gasteiger partial charge on any atom is 0.172 e. The Hall–Kier alpha value is -0.480. The number of hydrogen-bond acceptors (Lipinski definition) is 1. The predicted molar refractivity (Wildman–Crippen MR) is 63.9 cm³/mol. The second-order valence-corrected chi connectivity index (χ2v) is 5.30. The molecule has 4 heteroatoms. The lowest BCUT2D eigenvalue weighted by molar-refractivity contribution is 0.684. The Labute approximate surface area is 95.2 Å². The molecule has 0 heterocycles. The Bertz CT molecular complexity index is 346. The molecule has 0 amide bonds. The van der Waals surface area contributed by atoms with Crippen LogP contribution < -0.4 is 0 Å². The zero-order chi connectivity index (χ0) is 10.6. The second kappa shape index (κ2) is 5.41. The molecule has 0 aliphatic rings. The molecule has 0 radical (unpaired) electrons. The number of benzene rings is 1. The van der Waals surface area contributed by atoms with E-state index in [1.54, 1.807) is 18.3 Å². The minimum atomic E-state index is -1.26. The molecule has 1 aromatic rings. The van der Waals surface area contributed by atoms with E-state index in [-0.39, 0.29) is 0 Å². The molecule has 0 fully saturated rings. The van der Waals surface area contributed by atoms with Gasteiger partial charge in [-0.25, -0.2) is 4.21 Å². The number of halogens is 1. The summed E-state index contributed by atoms with van der Waals surface area (Å²) in [5.41, 5.74) is 0. The third-order valence-electron chi connectivity index (χ3n) is 1.47. The van der Waals surface area contributed by atoms with E-state index in [2.05, 4.69) is 20.3 Å². The molecule has 0 N–H and O–H groups in total. The lowest BCUT2D eigenvalue weighted by Gasteiger charge is -1.97. The van der Waals surface area contributed by atoms with Crippen LogP contribution in [0.3, 0.4) is 0 Å². The van der Waals surface area contributed by atoms with Crippen molar-refractivity contribution in [3.63, 3.8) is 0 Å². The van der Waals surface area contributed by atoms with Crippen molar-refractivity contribution in [2.24, 2.45) is 10.3 Å². The maximum absolute atomic E-state index is 11.6. The minimum absolute atomic E-state index is 0.328. The van der Waals surface area contributed by atoms with Crippen LogP contribution >= 0.6 is 15.9 Å². The average molecular weight is 274 g/mol. The van der Waals surface area contributed by atoms with Gasteiger partial charge in [-0.2, -0.15) is 4.40 Å². The first-order valence-corrected chi connectivity index (χ1v) is 6.21. The summed E-state index contributed by atoms with van der Waals surface area (Å²) in [5.74, 6) is 0.328. The summed E-state index contributed by atoms with van der Waals surface area (Å²) >= 11 is 3.32. The second-order valence-electron chi connectivity index (χ2n) is 3.20. The van der Waals surface area contributed by atoms with Crippen LogP contribution in [0.1, 0.15) is 13.8 Å². The highest BCUT2D eigenvalue weighted by Gasteiger charge is 2.00. The van der Waals surface area contributed by atoms with Crippen molar-refractivity contribution in [1.82, 2.24) is 0 Å². The first-order valence-electron chi connectivity index (χ1n) is 4.31. The van der Waals surface area contributed by atoms with Gasteiger partial charge in [0.25, 0.3) is 0 Å². The zero-order valence-electron chi connectivity index (χ0n) is 8.11. The molecule has 14 heavy (non-hydrogen) atoms. The van der Waals surface area contributed by atoms with Crippen molar-refractivity contribution in [1.29, 1.82) is 0 Å². The molecule has 0 aliphatic carbocycles. The molecule has 2 nitrogen and oxygen atoms in total. The first-order chi connectivity index (χ1) is 6.59. The fourth-order valence-corrected chi connectivity index (χ4v) is 1.90. The monoisotopic (exact) mass is 273 g/mol. The van der Waals surface area contributed by atoms with Crippen LogP contribution in [0.5, 0.6) is 0 Å². The van der Waals surface area contributed by atoms with Crippen molar-refractivity contribution >= 4 is 33.1 Å². The Morgan fingerprint density at radius 2 is 1.93 bits per heavy atom. The van der Waals surface area contributed by atoms with Crippen LogP contribution in [0.25, 0.3) is 0 Å². The van der Waals surface area contributed by atoms with Gasteiger partial charge in [-0.3, -0.25) is 0 Å². The van der Waals surface area contributed by atoms with E-state index in [9.17, 15) is 4.21 Å². The van der Waals surface area contributed by atoms with Crippen molar-refractivity contribution in [2.45, 2.75) is 18.7 Å². The lowest BCUT2D eigenvalue weighted by atomic mass is 10.3. The molecule has 0 unspecified atom stereocenters. The van der Waals surface area contributed by atoms with Gasteiger partial charge < -0.3 is 0 Å². The van der Waals surface area contributed by atoms with Crippen LogP contribution in [0.2, 0.25) is 0 Å². The Morgan fingerprint density at radius 1 is 1.36 bits per heavy atom. The quantitative estimate of drug-likeness (QED) is 0.778.